The maximum absolute atomic E-state index is 12.3. The van der Waals surface area contributed by atoms with Crippen LogP contribution in [0.3, 0.4) is 0 Å². The number of carbonyl (C=O) groups is 1. The summed E-state index contributed by atoms with van der Waals surface area (Å²) in [5.41, 5.74) is 2.25. The molecule has 158 valence electrons. The SMILES string of the molecule is CCN(c1ccc(C(=O)NCCCc2ccc(OC(C)C)cc2)cc1)S(C)(=O)=O. The minimum Gasteiger partial charge on any atom is -0.491 e. The Bertz CT molecular complexity index is 891. The first kappa shape index (κ1) is 22.7. The highest BCUT2D eigenvalue weighted by atomic mass is 32.2. The summed E-state index contributed by atoms with van der Waals surface area (Å²) in [6, 6.07) is 14.6. The first-order valence-corrected chi connectivity index (χ1v) is 11.7. The van der Waals surface area contributed by atoms with E-state index in [9.17, 15) is 13.2 Å². The predicted octanol–water partition coefficient (Wildman–Crippen LogP) is 3.62. The zero-order chi connectivity index (χ0) is 21.4. The molecule has 0 unspecified atom stereocenters. The van der Waals surface area contributed by atoms with E-state index in [4.69, 9.17) is 4.74 Å². The van der Waals surface area contributed by atoms with Crippen molar-refractivity contribution in [1.29, 1.82) is 0 Å². The predicted molar refractivity (Wildman–Crippen MR) is 117 cm³/mol. The van der Waals surface area contributed by atoms with E-state index in [1.165, 1.54) is 16.1 Å². The van der Waals surface area contributed by atoms with Gasteiger partial charge in [0.1, 0.15) is 5.75 Å². The smallest absolute Gasteiger partial charge is 0.251 e. The second-order valence-electron chi connectivity index (χ2n) is 7.14. The second-order valence-corrected chi connectivity index (χ2v) is 9.05. The van der Waals surface area contributed by atoms with Crippen molar-refractivity contribution in [3.8, 4) is 5.75 Å². The molecule has 0 atom stereocenters. The van der Waals surface area contributed by atoms with Gasteiger partial charge < -0.3 is 10.1 Å². The highest BCUT2D eigenvalue weighted by Gasteiger charge is 2.15. The zero-order valence-corrected chi connectivity index (χ0v) is 18.3. The molecule has 0 aliphatic heterocycles. The van der Waals surface area contributed by atoms with Crippen LogP contribution < -0.4 is 14.4 Å². The fraction of sp³-hybridized carbons (Fsp3) is 0.409. The van der Waals surface area contributed by atoms with Crippen molar-refractivity contribution in [1.82, 2.24) is 5.32 Å². The van der Waals surface area contributed by atoms with Gasteiger partial charge in [-0.1, -0.05) is 12.1 Å². The Balaban J connectivity index is 1.82. The van der Waals surface area contributed by atoms with Crippen LogP contribution in [0, 0.1) is 0 Å². The van der Waals surface area contributed by atoms with Crippen LogP contribution >= 0.6 is 0 Å². The number of hydrogen-bond acceptors (Lipinski definition) is 4. The fourth-order valence-corrected chi connectivity index (χ4v) is 3.96. The molecule has 0 aliphatic rings. The Morgan fingerprint density at radius 2 is 1.69 bits per heavy atom. The van der Waals surface area contributed by atoms with E-state index in [2.05, 4.69) is 5.32 Å². The van der Waals surface area contributed by atoms with E-state index in [1.54, 1.807) is 31.2 Å². The summed E-state index contributed by atoms with van der Waals surface area (Å²) in [5, 5.41) is 2.90. The van der Waals surface area contributed by atoms with Gasteiger partial charge in [0.25, 0.3) is 5.91 Å². The summed E-state index contributed by atoms with van der Waals surface area (Å²) in [6.45, 7) is 6.67. The molecule has 2 rings (SSSR count). The second kappa shape index (κ2) is 10.3. The van der Waals surface area contributed by atoms with Crippen molar-refractivity contribution < 1.29 is 17.9 Å². The summed E-state index contributed by atoms with van der Waals surface area (Å²) in [6.07, 6.45) is 3.01. The first-order valence-electron chi connectivity index (χ1n) is 9.82. The van der Waals surface area contributed by atoms with E-state index in [0.29, 0.717) is 24.3 Å². The minimum atomic E-state index is -3.33. The molecule has 1 N–H and O–H groups in total. The molecule has 6 nitrogen and oxygen atoms in total. The maximum atomic E-state index is 12.3. The van der Waals surface area contributed by atoms with Crippen LogP contribution in [0.15, 0.2) is 48.5 Å². The molecule has 0 fully saturated rings. The van der Waals surface area contributed by atoms with E-state index in [1.807, 2.05) is 38.1 Å². The third-order valence-corrected chi connectivity index (χ3v) is 5.60. The number of nitrogens with zero attached hydrogens (tertiary/aromatic N) is 1. The number of ether oxygens (including phenoxy) is 1. The lowest BCUT2D eigenvalue weighted by Gasteiger charge is -2.20. The number of amides is 1. The highest BCUT2D eigenvalue weighted by Crippen LogP contribution is 2.18. The normalized spacial score (nSPS) is 11.3. The molecule has 0 saturated heterocycles. The Morgan fingerprint density at radius 1 is 1.07 bits per heavy atom. The highest BCUT2D eigenvalue weighted by molar-refractivity contribution is 7.92. The first-order chi connectivity index (χ1) is 13.7. The molecule has 2 aromatic carbocycles. The Kier molecular flexibility index (Phi) is 8.08. The Labute approximate surface area is 173 Å². The fourth-order valence-electron chi connectivity index (χ4n) is 2.99. The molecule has 7 heteroatoms. The maximum Gasteiger partial charge on any atom is 0.251 e. The lowest BCUT2D eigenvalue weighted by Crippen LogP contribution is -2.29. The van der Waals surface area contributed by atoms with Crippen molar-refractivity contribution in [3.05, 3.63) is 59.7 Å². The average molecular weight is 419 g/mol. The molecular formula is C22H30N2O4S. The van der Waals surface area contributed by atoms with Gasteiger partial charge in [-0.2, -0.15) is 0 Å². The quantitative estimate of drug-likeness (QED) is 0.598. The molecule has 0 spiro atoms. The summed E-state index contributed by atoms with van der Waals surface area (Å²) in [5.74, 6) is 0.692. The molecule has 0 saturated carbocycles. The zero-order valence-electron chi connectivity index (χ0n) is 17.5. The Morgan fingerprint density at radius 3 is 2.21 bits per heavy atom. The average Bonchev–Trinajstić information content (AvgIpc) is 2.66. The monoisotopic (exact) mass is 418 g/mol. The van der Waals surface area contributed by atoms with Crippen LogP contribution in [0.25, 0.3) is 0 Å². The van der Waals surface area contributed by atoms with Gasteiger partial charge in [0.2, 0.25) is 10.0 Å². The lowest BCUT2D eigenvalue weighted by molar-refractivity contribution is 0.0953. The molecule has 2 aromatic rings. The van der Waals surface area contributed by atoms with Crippen LogP contribution in [0.5, 0.6) is 5.75 Å². The number of carbonyl (C=O) groups excluding carboxylic acids is 1. The number of sulfonamides is 1. The van der Waals surface area contributed by atoms with Gasteiger partial charge in [0.05, 0.1) is 18.0 Å². The summed E-state index contributed by atoms with van der Waals surface area (Å²) >= 11 is 0. The molecule has 0 aromatic heterocycles. The molecule has 0 bridgehead atoms. The Hall–Kier alpha value is -2.54. The van der Waals surface area contributed by atoms with Crippen LogP contribution in [0.4, 0.5) is 5.69 Å². The van der Waals surface area contributed by atoms with Crippen molar-refractivity contribution in [2.75, 3.05) is 23.7 Å². The van der Waals surface area contributed by atoms with Gasteiger partial charge in [-0.05, 0) is 75.6 Å². The molecule has 1 amide bonds. The third kappa shape index (κ3) is 7.09. The molecule has 0 heterocycles. The van der Waals surface area contributed by atoms with Gasteiger partial charge in [-0.25, -0.2) is 8.42 Å². The third-order valence-electron chi connectivity index (χ3n) is 4.33. The molecular weight excluding hydrogens is 388 g/mol. The molecule has 29 heavy (non-hydrogen) atoms. The van der Waals surface area contributed by atoms with Crippen LogP contribution in [-0.4, -0.2) is 39.8 Å². The van der Waals surface area contributed by atoms with E-state index in [0.717, 1.165) is 18.6 Å². The number of hydrogen-bond donors (Lipinski definition) is 1. The van der Waals surface area contributed by atoms with Crippen molar-refractivity contribution in [2.45, 2.75) is 39.7 Å². The van der Waals surface area contributed by atoms with E-state index < -0.39 is 10.0 Å². The summed E-state index contributed by atoms with van der Waals surface area (Å²) in [4.78, 5) is 12.3. The lowest BCUT2D eigenvalue weighted by atomic mass is 10.1. The van der Waals surface area contributed by atoms with E-state index in [-0.39, 0.29) is 12.0 Å². The van der Waals surface area contributed by atoms with Crippen LogP contribution in [0.1, 0.15) is 43.1 Å². The van der Waals surface area contributed by atoms with Crippen molar-refractivity contribution >= 4 is 21.6 Å². The minimum absolute atomic E-state index is 0.154. The van der Waals surface area contributed by atoms with Crippen LogP contribution in [0.2, 0.25) is 0 Å². The molecule has 0 aliphatic carbocycles. The largest absolute Gasteiger partial charge is 0.491 e. The van der Waals surface area contributed by atoms with E-state index >= 15 is 0 Å². The number of rotatable bonds is 10. The van der Waals surface area contributed by atoms with Gasteiger partial charge >= 0.3 is 0 Å². The topological polar surface area (TPSA) is 75.7 Å². The summed E-state index contributed by atoms with van der Waals surface area (Å²) in [7, 11) is -3.33. The van der Waals surface area contributed by atoms with Gasteiger partial charge in [-0.15, -0.1) is 0 Å². The van der Waals surface area contributed by atoms with Crippen LogP contribution in [-0.2, 0) is 16.4 Å². The van der Waals surface area contributed by atoms with Crippen molar-refractivity contribution in [3.63, 3.8) is 0 Å². The van der Waals surface area contributed by atoms with Gasteiger partial charge in [0, 0.05) is 18.7 Å². The standard InChI is InChI=1S/C22H30N2O4S/c1-5-24(29(4,26)27)20-12-10-19(11-13-20)22(25)23-16-6-7-18-8-14-21(15-9-18)28-17(2)3/h8-15,17H,5-7,16H2,1-4H3,(H,23,25). The number of anilines is 1. The van der Waals surface area contributed by atoms with Gasteiger partial charge in [0.15, 0.2) is 0 Å². The number of aryl methyl sites for hydroxylation is 1. The molecule has 0 radical (unpaired) electrons. The van der Waals surface area contributed by atoms with Gasteiger partial charge in [-0.3, -0.25) is 9.10 Å². The number of benzene rings is 2. The number of nitrogens with one attached hydrogen (secondary N) is 1. The van der Waals surface area contributed by atoms with Crippen molar-refractivity contribution in [2.24, 2.45) is 0 Å². The summed E-state index contributed by atoms with van der Waals surface area (Å²) < 4.78 is 30.5.